The third-order valence-corrected chi connectivity index (χ3v) is 8.46. The maximum absolute atomic E-state index is 13.4. The molecule has 3 aromatic rings. The molecule has 10 heteroatoms. The summed E-state index contributed by atoms with van der Waals surface area (Å²) < 4.78 is 45.4. The number of ether oxygens (including phenoxy) is 2. The zero-order valence-corrected chi connectivity index (χ0v) is 21.8. The topological polar surface area (TPSA) is 104 Å². The van der Waals surface area contributed by atoms with E-state index >= 15 is 0 Å². The number of carbonyl (C=O) groups is 1. The largest absolute Gasteiger partial charge is 0.439 e. The Bertz CT molecular complexity index is 1360. The van der Waals surface area contributed by atoms with Crippen LogP contribution in [-0.2, 0) is 31.3 Å². The summed E-state index contributed by atoms with van der Waals surface area (Å²) in [6.07, 6.45) is 2.00. The van der Waals surface area contributed by atoms with Gasteiger partial charge in [0.2, 0.25) is 14.9 Å². The van der Waals surface area contributed by atoms with E-state index in [1.54, 1.807) is 17.0 Å². The molecule has 9 nitrogen and oxygen atoms in total. The van der Waals surface area contributed by atoms with Crippen molar-refractivity contribution in [1.29, 1.82) is 0 Å². The van der Waals surface area contributed by atoms with Gasteiger partial charge in [-0.25, -0.2) is 13.4 Å². The minimum absolute atomic E-state index is 0.00677. The molecule has 1 aromatic carbocycles. The standard InChI is InChI=1S/C26H33N3O6S/c1-26(2,3)25-27-20-16-19(4-5-21(20)29(25)17-18-8-12-33-13-9-18)36(31,32)23-7-6-22(35-23)24(30)28-10-14-34-15-11-28/h4-7,16,18H,8-15,17H2,1-3H3. The molecule has 2 aliphatic rings. The Morgan fingerprint density at radius 1 is 1.03 bits per heavy atom. The molecule has 2 aliphatic heterocycles. The fraction of sp³-hybridized carbons (Fsp3) is 0.538. The number of furan rings is 1. The zero-order valence-electron chi connectivity index (χ0n) is 21.0. The molecule has 0 atom stereocenters. The van der Waals surface area contributed by atoms with Crippen LogP contribution >= 0.6 is 0 Å². The lowest BCUT2D eigenvalue weighted by atomic mass is 9.94. The summed E-state index contributed by atoms with van der Waals surface area (Å²) in [5.74, 6) is 1.09. The molecule has 0 radical (unpaired) electrons. The predicted octanol–water partition coefficient (Wildman–Crippen LogP) is 3.66. The molecule has 4 heterocycles. The third kappa shape index (κ3) is 4.81. The summed E-state index contributed by atoms with van der Waals surface area (Å²) >= 11 is 0. The van der Waals surface area contributed by atoms with Crippen LogP contribution in [0.1, 0.15) is 50.0 Å². The Kier molecular flexibility index (Phi) is 6.69. The molecule has 1 amide bonds. The van der Waals surface area contributed by atoms with Crippen LogP contribution in [0.15, 0.2) is 44.7 Å². The number of imidazole rings is 1. The molecule has 0 unspecified atom stereocenters. The van der Waals surface area contributed by atoms with Crippen molar-refractivity contribution in [2.45, 2.75) is 55.6 Å². The normalized spacial score (nSPS) is 18.1. The highest BCUT2D eigenvalue weighted by Gasteiger charge is 2.29. The van der Waals surface area contributed by atoms with Crippen molar-refractivity contribution < 1.29 is 27.1 Å². The van der Waals surface area contributed by atoms with Crippen molar-refractivity contribution in [1.82, 2.24) is 14.5 Å². The number of morpholine rings is 1. The SMILES string of the molecule is CC(C)(C)c1nc2cc(S(=O)(=O)c3ccc(C(=O)N4CCOCC4)o3)ccc2n1CC1CCOCC1. The van der Waals surface area contributed by atoms with Gasteiger partial charge in [-0.2, -0.15) is 0 Å². The monoisotopic (exact) mass is 515 g/mol. The summed E-state index contributed by atoms with van der Waals surface area (Å²) in [6, 6.07) is 7.79. The van der Waals surface area contributed by atoms with Crippen molar-refractivity contribution in [3.8, 4) is 0 Å². The summed E-state index contributed by atoms with van der Waals surface area (Å²) in [6.45, 7) is 10.5. The van der Waals surface area contributed by atoms with E-state index in [2.05, 4.69) is 25.3 Å². The lowest BCUT2D eigenvalue weighted by Gasteiger charge is -2.26. The van der Waals surface area contributed by atoms with Gasteiger partial charge in [-0.15, -0.1) is 0 Å². The summed E-state index contributed by atoms with van der Waals surface area (Å²) in [5, 5.41) is -0.254. The first kappa shape index (κ1) is 25.0. The van der Waals surface area contributed by atoms with Gasteiger partial charge >= 0.3 is 0 Å². The fourth-order valence-corrected chi connectivity index (χ4v) is 6.03. The van der Waals surface area contributed by atoms with Gasteiger partial charge in [-0.05, 0) is 49.1 Å². The molecule has 0 aliphatic carbocycles. The molecule has 0 bridgehead atoms. The second kappa shape index (κ2) is 9.64. The molecule has 0 N–H and O–H groups in total. The Balaban J connectivity index is 1.46. The van der Waals surface area contributed by atoms with Gasteiger partial charge in [0.05, 0.1) is 29.1 Å². The number of rotatable bonds is 5. The molecular formula is C26H33N3O6S. The minimum atomic E-state index is -3.97. The maximum Gasteiger partial charge on any atom is 0.289 e. The second-order valence-electron chi connectivity index (χ2n) is 10.5. The van der Waals surface area contributed by atoms with Gasteiger partial charge in [0, 0.05) is 38.3 Å². The lowest BCUT2D eigenvalue weighted by Crippen LogP contribution is -2.40. The summed E-state index contributed by atoms with van der Waals surface area (Å²) in [5.41, 5.74) is 1.33. The maximum atomic E-state index is 13.4. The van der Waals surface area contributed by atoms with Gasteiger partial charge < -0.3 is 23.4 Å². The van der Waals surface area contributed by atoms with E-state index in [-0.39, 0.29) is 27.1 Å². The van der Waals surface area contributed by atoms with Crippen molar-refractivity contribution in [2.24, 2.45) is 5.92 Å². The van der Waals surface area contributed by atoms with E-state index in [4.69, 9.17) is 18.9 Å². The fourth-order valence-electron chi connectivity index (χ4n) is 4.84. The average Bonchev–Trinajstić information content (AvgIpc) is 3.51. The Hall–Kier alpha value is -2.69. The number of fused-ring (bicyclic) bond motifs is 1. The van der Waals surface area contributed by atoms with Crippen molar-refractivity contribution in [2.75, 3.05) is 39.5 Å². The van der Waals surface area contributed by atoms with Gasteiger partial charge in [-0.3, -0.25) is 4.79 Å². The van der Waals surface area contributed by atoms with Crippen LogP contribution < -0.4 is 0 Å². The Labute approximate surface area is 211 Å². The molecule has 0 saturated carbocycles. The number of amides is 1. The van der Waals surface area contributed by atoms with Gasteiger partial charge in [0.1, 0.15) is 5.82 Å². The molecule has 5 rings (SSSR count). The highest BCUT2D eigenvalue weighted by molar-refractivity contribution is 7.91. The number of hydrogen-bond donors (Lipinski definition) is 0. The average molecular weight is 516 g/mol. The Morgan fingerprint density at radius 3 is 2.42 bits per heavy atom. The molecule has 2 aromatic heterocycles. The quantitative estimate of drug-likeness (QED) is 0.511. The van der Waals surface area contributed by atoms with Crippen molar-refractivity contribution >= 4 is 26.8 Å². The number of benzene rings is 1. The number of hydrogen-bond acceptors (Lipinski definition) is 7. The van der Waals surface area contributed by atoms with Gasteiger partial charge in [0.25, 0.3) is 5.91 Å². The second-order valence-corrected chi connectivity index (χ2v) is 12.4. The molecule has 2 fully saturated rings. The van der Waals surface area contributed by atoms with Crippen LogP contribution in [0.2, 0.25) is 0 Å². The number of nitrogens with zero attached hydrogens (tertiary/aromatic N) is 3. The van der Waals surface area contributed by atoms with E-state index in [1.807, 2.05) is 6.07 Å². The first-order valence-electron chi connectivity index (χ1n) is 12.4. The minimum Gasteiger partial charge on any atom is -0.439 e. The number of carbonyl (C=O) groups excluding carboxylic acids is 1. The first-order valence-corrected chi connectivity index (χ1v) is 13.9. The number of aromatic nitrogens is 2. The van der Waals surface area contributed by atoms with Crippen LogP contribution in [0.25, 0.3) is 11.0 Å². The zero-order chi connectivity index (χ0) is 25.5. The van der Waals surface area contributed by atoms with Gasteiger partial charge in [-0.1, -0.05) is 20.8 Å². The van der Waals surface area contributed by atoms with Crippen LogP contribution in [0.5, 0.6) is 0 Å². The van der Waals surface area contributed by atoms with Crippen molar-refractivity contribution in [3.05, 3.63) is 41.9 Å². The molecule has 36 heavy (non-hydrogen) atoms. The smallest absolute Gasteiger partial charge is 0.289 e. The lowest BCUT2D eigenvalue weighted by molar-refractivity contribution is 0.0279. The highest BCUT2D eigenvalue weighted by atomic mass is 32.2. The molecule has 194 valence electrons. The summed E-state index contributed by atoms with van der Waals surface area (Å²) in [7, 11) is -3.97. The van der Waals surface area contributed by atoms with Crippen LogP contribution in [-0.4, -0.2) is 68.3 Å². The van der Waals surface area contributed by atoms with E-state index < -0.39 is 9.84 Å². The van der Waals surface area contributed by atoms with E-state index in [0.29, 0.717) is 37.7 Å². The van der Waals surface area contributed by atoms with Crippen LogP contribution in [0, 0.1) is 5.92 Å². The van der Waals surface area contributed by atoms with E-state index in [0.717, 1.165) is 43.9 Å². The van der Waals surface area contributed by atoms with Crippen LogP contribution in [0.3, 0.4) is 0 Å². The van der Waals surface area contributed by atoms with Gasteiger partial charge in [0.15, 0.2) is 5.76 Å². The van der Waals surface area contributed by atoms with E-state index in [1.165, 1.54) is 12.1 Å². The Morgan fingerprint density at radius 2 is 1.72 bits per heavy atom. The van der Waals surface area contributed by atoms with E-state index in [9.17, 15) is 13.2 Å². The predicted molar refractivity (Wildman–Crippen MR) is 133 cm³/mol. The molecular weight excluding hydrogens is 482 g/mol. The first-order chi connectivity index (χ1) is 17.1. The van der Waals surface area contributed by atoms with Crippen LogP contribution in [0.4, 0.5) is 0 Å². The molecule has 2 saturated heterocycles. The summed E-state index contributed by atoms with van der Waals surface area (Å²) in [4.78, 5) is 19.3. The van der Waals surface area contributed by atoms with Crippen molar-refractivity contribution in [3.63, 3.8) is 0 Å². The highest BCUT2D eigenvalue weighted by Crippen LogP contribution is 2.32. The number of sulfone groups is 1. The molecule has 0 spiro atoms. The third-order valence-electron chi connectivity index (χ3n) is 6.84.